The highest BCUT2D eigenvalue weighted by molar-refractivity contribution is 7.10. The van der Waals surface area contributed by atoms with Crippen LogP contribution in [0, 0.1) is 11.3 Å². The van der Waals surface area contributed by atoms with Crippen molar-refractivity contribution in [3.63, 3.8) is 0 Å². The Balaban J connectivity index is 2.23. The molecule has 1 aromatic rings. The van der Waals surface area contributed by atoms with Gasteiger partial charge in [-0.1, -0.05) is 6.07 Å². The summed E-state index contributed by atoms with van der Waals surface area (Å²) in [5.74, 6) is -0.266. The molecule has 3 nitrogen and oxygen atoms in total. The van der Waals surface area contributed by atoms with Crippen LogP contribution in [0.3, 0.4) is 0 Å². The van der Waals surface area contributed by atoms with E-state index in [0.29, 0.717) is 6.42 Å². The molecule has 0 aromatic carbocycles. The highest BCUT2D eigenvalue weighted by Crippen LogP contribution is 2.09. The van der Waals surface area contributed by atoms with Crippen molar-refractivity contribution in [3.05, 3.63) is 22.4 Å². The van der Waals surface area contributed by atoms with E-state index in [1.54, 1.807) is 0 Å². The molecule has 0 aliphatic rings. The Morgan fingerprint density at radius 3 is 3.15 bits per heavy atom. The van der Waals surface area contributed by atoms with E-state index in [9.17, 15) is 4.79 Å². The van der Waals surface area contributed by atoms with Gasteiger partial charge in [0.25, 0.3) is 0 Å². The predicted molar refractivity (Wildman–Crippen MR) is 49.2 cm³/mol. The minimum absolute atomic E-state index is 0.195. The maximum absolute atomic E-state index is 11.1. The first-order valence-corrected chi connectivity index (χ1v) is 4.76. The zero-order valence-electron chi connectivity index (χ0n) is 7.03. The van der Waals surface area contributed by atoms with Gasteiger partial charge in [-0.05, 0) is 11.4 Å². The van der Waals surface area contributed by atoms with Gasteiger partial charge < -0.3 is 4.74 Å². The van der Waals surface area contributed by atoms with Crippen LogP contribution in [0.4, 0.5) is 0 Å². The third-order valence-corrected chi connectivity index (χ3v) is 2.25. The molecular formula is C9H9NO2S. The Bertz CT molecular complexity index is 300. The third kappa shape index (κ3) is 3.72. The lowest BCUT2D eigenvalue weighted by Gasteiger charge is -1.99. The fourth-order valence-electron chi connectivity index (χ4n) is 0.817. The lowest BCUT2D eigenvalue weighted by Crippen LogP contribution is -2.07. The fourth-order valence-corrected chi connectivity index (χ4v) is 1.51. The molecule has 0 aliphatic heterocycles. The van der Waals surface area contributed by atoms with Crippen molar-refractivity contribution in [1.82, 2.24) is 0 Å². The van der Waals surface area contributed by atoms with Crippen molar-refractivity contribution < 1.29 is 9.53 Å². The second-order valence-electron chi connectivity index (χ2n) is 2.38. The number of carbonyl (C=O) groups is 1. The van der Waals surface area contributed by atoms with Crippen molar-refractivity contribution in [2.45, 2.75) is 12.8 Å². The zero-order valence-corrected chi connectivity index (χ0v) is 7.84. The van der Waals surface area contributed by atoms with E-state index < -0.39 is 0 Å². The molecule has 13 heavy (non-hydrogen) atoms. The van der Waals surface area contributed by atoms with Crippen molar-refractivity contribution in [2.24, 2.45) is 0 Å². The third-order valence-electron chi connectivity index (χ3n) is 1.38. The van der Waals surface area contributed by atoms with Gasteiger partial charge in [0.15, 0.2) is 0 Å². The molecule has 0 saturated heterocycles. The number of thiophene rings is 1. The van der Waals surface area contributed by atoms with Crippen LogP contribution in [-0.2, 0) is 16.0 Å². The maximum Gasteiger partial charge on any atom is 0.311 e. The second kappa shape index (κ2) is 5.33. The van der Waals surface area contributed by atoms with Crippen LogP contribution in [0.15, 0.2) is 17.5 Å². The molecule has 0 bridgehead atoms. The summed E-state index contributed by atoms with van der Waals surface area (Å²) in [6, 6.07) is 5.68. The number of ether oxygens (including phenoxy) is 1. The molecule has 0 spiro atoms. The molecule has 1 aromatic heterocycles. The molecule has 4 heteroatoms. The Morgan fingerprint density at radius 1 is 1.69 bits per heavy atom. The van der Waals surface area contributed by atoms with Crippen molar-refractivity contribution >= 4 is 17.3 Å². The van der Waals surface area contributed by atoms with Gasteiger partial charge in [0.1, 0.15) is 6.61 Å². The smallest absolute Gasteiger partial charge is 0.311 e. The van der Waals surface area contributed by atoms with E-state index in [1.807, 2.05) is 23.6 Å². The molecule has 0 aliphatic carbocycles. The number of nitriles is 1. The normalized spacial score (nSPS) is 9.15. The van der Waals surface area contributed by atoms with Crippen molar-refractivity contribution in [1.29, 1.82) is 5.26 Å². The molecule has 0 saturated carbocycles. The number of hydrogen-bond acceptors (Lipinski definition) is 4. The van der Waals surface area contributed by atoms with E-state index in [2.05, 4.69) is 0 Å². The summed E-state index contributed by atoms with van der Waals surface area (Å²) in [6.07, 6.45) is 0.569. The molecule has 0 atom stereocenters. The predicted octanol–water partition coefficient (Wildman–Crippen LogP) is 1.75. The number of nitrogens with zero attached hydrogens (tertiary/aromatic N) is 1. The average Bonchev–Trinajstić information content (AvgIpc) is 2.57. The van der Waals surface area contributed by atoms with E-state index in [4.69, 9.17) is 10.00 Å². The summed E-state index contributed by atoms with van der Waals surface area (Å²) in [4.78, 5) is 12.0. The molecule has 68 valence electrons. The van der Waals surface area contributed by atoms with Crippen LogP contribution in [0.25, 0.3) is 0 Å². The molecule has 0 unspecified atom stereocenters. The van der Waals surface area contributed by atoms with E-state index in [-0.39, 0.29) is 19.0 Å². The number of esters is 1. The quantitative estimate of drug-likeness (QED) is 0.543. The molecule has 0 radical (unpaired) electrons. The summed E-state index contributed by atoms with van der Waals surface area (Å²) in [5.41, 5.74) is 0. The lowest BCUT2D eigenvalue weighted by atomic mass is 10.3. The summed E-state index contributed by atoms with van der Waals surface area (Å²) < 4.78 is 4.80. The van der Waals surface area contributed by atoms with Gasteiger partial charge in [-0.15, -0.1) is 11.3 Å². The fraction of sp³-hybridized carbons (Fsp3) is 0.333. The van der Waals surface area contributed by atoms with E-state index >= 15 is 0 Å². The molecule has 1 heterocycles. The Kier molecular flexibility index (Phi) is 4.00. The summed E-state index contributed by atoms with van der Waals surface area (Å²) in [6.45, 7) is 0.195. The first-order valence-electron chi connectivity index (χ1n) is 3.88. The number of rotatable bonds is 4. The second-order valence-corrected chi connectivity index (χ2v) is 3.42. The van der Waals surface area contributed by atoms with Crippen LogP contribution in [0.1, 0.15) is 11.3 Å². The van der Waals surface area contributed by atoms with Crippen LogP contribution < -0.4 is 0 Å². The molecule has 0 amide bonds. The van der Waals surface area contributed by atoms with E-state index in [1.165, 1.54) is 11.3 Å². The van der Waals surface area contributed by atoms with Crippen molar-refractivity contribution in [3.8, 4) is 6.07 Å². The standard InChI is InChI=1S/C9H9NO2S/c10-4-2-5-12-9(11)7-8-3-1-6-13-8/h1,3,6H,2,5,7H2. The highest BCUT2D eigenvalue weighted by Gasteiger charge is 2.04. The number of hydrogen-bond donors (Lipinski definition) is 0. The van der Waals surface area contributed by atoms with Gasteiger partial charge in [-0.2, -0.15) is 5.26 Å². The van der Waals surface area contributed by atoms with Gasteiger partial charge in [0.05, 0.1) is 18.9 Å². The van der Waals surface area contributed by atoms with Gasteiger partial charge in [-0.25, -0.2) is 0 Å². The minimum Gasteiger partial charge on any atom is -0.464 e. The summed E-state index contributed by atoms with van der Waals surface area (Å²) >= 11 is 1.52. The van der Waals surface area contributed by atoms with Crippen LogP contribution in [-0.4, -0.2) is 12.6 Å². The number of carbonyl (C=O) groups excluding carboxylic acids is 1. The molecule has 0 N–H and O–H groups in total. The Morgan fingerprint density at radius 2 is 2.54 bits per heavy atom. The van der Waals surface area contributed by atoms with Crippen molar-refractivity contribution in [2.75, 3.05) is 6.61 Å². The van der Waals surface area contributed by atoms with Crippen LogP contribution in [0.5, 0.6) is 0 Å². The Labute approximate surface area is 80.6 Å². The topological polar surface area (TPSA) is 50.1 Å². The van der Waals surface area contributed by atoms with Crippen LogP contribution in [0.2, 0.25) is 0 Å². The largest absolute Gasteiger partial charge is 0.464 e. The lowest BCUT2D eigenvalue weighted by molar-refractivity contribution is -0.142. The molecule has 0 fully saturated rings. The van der Waals surface area contributed by atoms with Gasteiger partial charge in [-0.3, -0.25) is 4.79 Å². The van der Waals surface area contributed by atoms with Gasteiger partial charge >= 0.3 is 5.97 Å². The SMILES string of the molecule is N#CCCOC(=O)Cc1cccs1. The van der Waals surface area contributed by atoms with Gasteiger partial charge in [0, 0.05) is 4.88 Å². The minimum atomic E-state index is -0.266. The molecule has 1 rings (SSSR count). The van der Waals surface area contributed by atoms with Crippen LogP contribution >= 0.6 is 11.3 Å². The average molecular weight is 195 g/mol. The first-order chi connectivity index (χ1) is 6.33. The maximum atomic E-state index is 11.1. The monoisotopic (exact) mass is 195 g/mol. The summed E-state index contributed by atoms with van der Waals surface area (Å²) in [5, 5.41) is 10.1. The van der Waals surface area contributed by atoms with E-state index in [0.717, 1.165) is 4.88 Å². The highest BCUT2D eigenvalue weighted by atomic mass is 32.1. The Hall–Kier alpha value is -1.34. The molecular weight excluding hydrogens is 186 g/mol. The first kappa shape index (κ1) is 9.75. The zero-order chi connectivity index (χ0) is 9.52. The summed E-state index contributed by atoms with van der Waals surface area (Å²) in [7, 11) is 0. The van der Waals surface area contributed by atoms with Gasteiger partial charge in [0.2, 0.25) is 0 Å².